The van der Waals surface area contributed by atoms with Crippen LogP contribution in [-0.4, -0.2) is 27.6 Å². The monoisotopic (exact) mass is 321 g/mol. The number of nitrogens with one attached hydrogen (secondary N) is 1. The fraction of sp³-hybridized carbons (Fsp3) is 0.0588. The second kappa shape index (κ2) is 6.74. The summed E-state index contributed by atoms with van der Waals surface area (Å²) in [6.07, 6.45) is 6.39. The van der Waals surface area contributed by atoms with Gasteiger partial charge in [-0.25, -0.2) is 5.43 Å². The second-order valence-corrected chi connectivity index (χ2v) is 5.13. The molecule has 3 aromatic rings. The zero-order chi connectivity index (χ0) is 16.9. The van der Waals surface area contributed by atoms with Crippen LogP contribution in [0.25, 0.3) is 10.9 Å². The molecule has 120 valence electrons. The number of hydrogen-bond donors (Lipinski definition) is 2. The highest BCUT2D eigenvalue weighted by atomic mass is 16.2. The van der Waals surface area contributed by atoms with E-state index in [1.807, 2.05) is 24.3 Å². The van der Waals surface area contributed by atoms with Gasteiger partial charge in [0.15, 0.2) is 0 Å². The van der Waals surface area contributed by atoms with Crippen molar-refractivity contribution in [2.24, 2.45) is 10.8 Å². The largest absolute Gasteiger partial charge is 0.368 e. The van der Waals surface area contributed by atoms with Crippen LogP contribution >= 0.6 is 0 Å². The van der Waals surface area contributed by atoms with Crippen LogP contribution < -0.4 is 11.2 Å². The van der Waals surface area contributed by atoms with Gasteiger partial charge < -0.3 is 10.3 Å². The molecule has 7 nitrogen and oxygen atoms in total. The second-order valence-electron chi connectivity index (χ2n) is 5.13. The minimum atomic E-state index is -0.426. The maximum Gasteiger partial charge on any atom is 0.271 e. The number of nitrogens with zero attached hydrogens (tertiary/aromatic N) is 3. The molecule has 0 spiro atoms. The molecule has 0 saturated carbocycles. The fourth-order valence-corrected chi connectivity index (χ4v) is 2.41. The molecule has 0 aliphatic rings. The highest BCUT2D eigenvalue weighted by molar-refractivity contribution is 6.01. The first kappa shape index (κ1) is 15.4. The minimum Gasteiger partial charge on any atom is -0.368 e. The number of aromatic nitrogens is 2. The molecule has 0 aliphatic carbocycles. The number of primary amides is 1. The lowest BCUT2D eigenvalue weighted by molar-refractivity contribution is -0.118. The molecule has 2 heterocycles. The highest BCUT2D eigenvalue weighted by Crippen LogP contribution is 2.19. The summed E-state index contributed by atoms with van der Waals surface area (Å²) >= 11 is 0. The summed E-state index contributed by atoms with van der Waals surface area (Å²) in [5.74, 6) is -0.750. The average molecular weight is 321 g/mol. The lowest BCUT2D eigenvalue weighted by Gasteiger charge is -2.00. The first-order valence-electron chi connectivity index (χ1n) is 7.25. The third-order valence-electron chi connectivity index (χ3n) is 3.46. The Kier molecular flexibility index (Phi) is 4.33. The average Bonchev–Trinajstić information content (AvgIpc) is 2.93. The molecular weight excluding hydrogens is 306 g/mol. The van der Waals surface area contributed by atoms with Gasteiger partial charge in [0, 0.05) is 40.6 Å². The van der Waals surface area contributed by atoms with E-state index >= 15 is 0 Å². The van der Waals surface area contributed by atoms with Gasteiger partial charge in [0.1, 0.15) is 6.54 Å². The number of amides is 2. The topological polar surface area (TPSA) is 102 Å². The molecule has 3 N–H and O–H groups in total. The quantitative estimate of drug-likeness (QED) is 0.546. The summed E-state index contributed by atoms with van der Waals surface area (Å²) < 4.78 is 1.75. The normalized spacial score (nSPS) is 11.0. The first-order valence-corrected chi connectivity index (χ1v) is 7.25. The standard InChI is InChI=1S/C17H15N5O2/c18-16(23)11-22-10-13(14-3-1-2-4-15(14)22)9-20-21-17(24)12-5-7-19-8-6-12/h1-10H,11H2,(H2,18,23)(H,21,24)/b20-9+. The van der Waals surface area contributed by atoms with Crippen LogP contribution in [0.2, 0.25) is 0 Å². The van der Waals surface area contributed by atoms with E-state index in [9.17, 15) is 9.59 Å². The van der Waals surface area contributed by atoms with Crippen LogP contribution in [0.3, 0.4) is 0 Å². The van der Waals surface area contributed by atoms with Crippen molar-refractivity contribution in [1.82, 2.24) is 15.0 Å². The van der Waals surface area contributed by atoms with Gasteiger partial charge in [-0.3, -0.25) is 14.6 Å². The Labute approximate surface area is 137 Å². The summed E-state index contributed by atoms with van der Waals surface area (Å²) in [6.45, 7) is 0.0811. The van der Waals surface area contributed by atoms with Gasteiger partial charge in [-0.15, -0.1) is 0 Å². The number of rotatable bonds is 5. The van der Waals surface area contributed by atoms with E-state index in [1.54, 1.807) is 29.1 Å². The van der Waals surface area contributed by atoms with Gasteiger partial charge >= 0.3 is 0 Å². The van der Waals surface area contributed by atoms with E-state index in [0.717, 1.165) is 16.5 Å². The smallest absolute Gasteiger partial charge is 0.271 e. The minimum absolute atomic E-state index is 0.0811. The van der Waals surface area contributed by atoms with Crippen LogP contribution in [0.4, 0.5) is 0 Å². The van der Waals surface area contributed by atoms with Crippen LogP contribution in [0.5, 0.6) is 0 Å². The fourth-order valence-electron chi connectivity index (χ4n) is 2.41. The van der Waals surface area contributed by atoms with Crippen molar-refractivity contribution in [2.75, 3.05) is 0 Å². The van der Waals surface area contributed by atoms with Crippen molar-refractivity contribution in [3.63, 3.8) is 0 Å². The van der Waals surface area contributed by atoms with Gasteiger partial charge in [0.05, 0.1) is 6.21 Å². The lowest BCUT2D eigenvalue weighted by atomic mass is 10.2. The maximum absolute atomic E-state index is 11.9. The predicted octanol–water partition coefficient (Wildman–Crippen LogP) is 1.29. The van der Waals surface area contributed by atoms with Gasteiger partial charge in [-0.1, -0.05) is 18.2 Å². The van der Waals surface area contributed by atoms with Crippen LogP contribution in [0.15, 0.2) is 60.1 Å². The van der Waals surface area contributed by atoms with Gasteiger partial charge in [-0.2, -0.15) is 5.10 Å². The van der Waals surface area contributed by atoms with Gasteiger partial charge in [-0.05, 0) is 18.2 Å². The Morgan fingerprint density at radius 1 is 1.21 bits per heavy atom. The van der Waals surface area contributed by atoms with Crippen molar-refractivity contribution < 1.29 is 9.59 Å². The number of benzene rings is 1. The molecule has 0 unspecified atom stereocenters. The van der Waals surface area contributed by atoms with E-state index in [4.69, 9.17) is 5.73 Å². The number of para-hydroxylation sites is 1. The van der Waals surface area contributed by atoms with Crippen LogP contribution in [0.1, 0.15) is 15.9 Å². The molecule has 24 heavy (non-hydrogen) atoms. The Morgan fingerprint density at radius 3 is 2.71 bits per heavy atom. The number of nitrogens with two attached hydrogens (primary N) is 1. The van der Waals surface area contributed by atoms with Gasteiger partial charge in [0.2, 0.25) is 5.91 Å². The summed E-state index contributed by atoms with van der Waals surface area (Å²) in [5.41, 5.74) is 9.86. The highest BCUT2D eigenvalue weighted by Gasteiger charge is 2.08. The molecule has 0 aliphatic heterocycles. The SMILES string of the molecule is NC(=O)Cn1cc(/C=N/NC(=O)c2ccncc2)c2ccccc21. The lowest BCUT2D eigenvalue weighted by Crippen LogP contribution is -2.18. The first-order chi connectivity index (χ1) is 11.6. The Balaban J connectivity index is 1.82. The molecule has 7 heteroatoms. The van der Waals surface area contributed by atoms with E-state index < -0.39 is 5.91 Å². The molecule has 0 fully saturated rings. The summed E-state index contributed by atoms with van der Waals surface area (Å²) in [7, 11) is 0. The summed E-state index contributed by atoms with van der Waals surface area (Å²) in [4.78, 5) is 27.0. The van der Waals surface area contributed by atoms with Crippen molar-refractivity contribution >= 4 is 28.9 Å². The number of hydrazone groups is 1. The molecule has 2 aromatic heterocycles. The predicted molar refractivity (Wildman–Crippen MR) is 90.4 cm³/mol. The number of pyridine rings is 1. The molecule has 0 atom stereocenters. The zero-order valence-electron chi connectivity index (χ0n) is 12.7. The Hall–Kier alpha value is -3.48. The third kappa shape index (κ3) is 3.30. The Morgan fingerprint density at radius 2 is 1.96 bits per heavy atom. The Bertz CT molecular complexity index is 915. The molecular formula is C17H15N5O2. The summed E-state index contributed by atoms with van der Waals surface area (Å²) in [5, 5.41) is 4.90. The molecule has 2 amide bonds. The van der Waals surface area contributed by atoms with E-state index in [2.05, 4.69) is 15.5 Å². The van der Waals surface area contributed by atoms with Crippen LogP contribution in [-0.2, 0) is 11.3 Å². The summed E-state index contributed by atoms with van der Waals surface area (Å²) in [6, 6.07) is 10.8. The number of fused-ring (bicyclic) bond motifs is 1. The van der Waals surface area contributed by atoms with Crippen LogP contribution in [0, 0.1) is 0 Å². The van der Waals surface area contributed by atoms with E-state index in [1.165, 1.54) is 12.4 Å². The third-order valence-corrected chi connectivity index (χ3v) is 3.46. The molecule has 3 rings (SSSR count). The van der Waals surface area contributed by atoms with Gasteiger partial charge in [0.25, 0.3) is 5.91 Å². The van der Waals surface area contributed by atoms with Crippen molar-refractivity contribution in [3.05, 3.63) is 66.1 Å². The zero-order valence-corrected chi connectivity index (χ0v) is 12.7. The van der Waals surface area contributed by atoms with Crippen molar-refractivity contribution in [1.29, 1.82) is 0 Å². The maximum atomic E-state index is 11.9. The number of carbonyl (C=O) groups excluding carboxylic acids is 2. The molecule has 0 radical (unpaired) electrons. The molecule has 0 saturated heterocycles. The molecule has 1 aromatic carbocycles. The number of carbonyl (C=O) groups is 2. The molecule has 0 bridgehead atoms. The van der Waals surface area contributed by atoms with Crippen molar-refractivity contribution in [2.45, 2.75) is 6.54 Å². The van der Waals surface area contributed by atoms with E-state index in [0.29, 0.717) is 5.56 Å². The van der Waals surface area contributed by atoms with E-state index in [-0.39, 0.29) is 12.5 Å². The number of hydrogen-bond acceptors (Lipinski definition) is 4. The van der Waals surface area contributed by atoms with Crippen molar-refractivity contribution in [3.8, 4) is 0 Å².